The summed E-state index contributed by atoms with van der Waals surface area (Å²) >= 11 is 0. The largest absolute Gasteiger partial charge is 0.369 e. The van der Waals surface area contributed by atoms with E-state index in [1.54, 1.807) is 18.2 Å². The van der Waals surface area contributed by atoms with Crippen molar-refractivity contribution in [2.45, 2.75) is 18.1 Å². The number of benzene rings is 1. The Labute approximate surface area is 102 Å². The van der Waals surface area contributed by atoms with Crippen LogP contribution >= 0.6 is 0 Å². The lowest BCUT2D eigenvalue weighted by molar-refractivity contribution is -0.0599. The van der Waals surface area contributed by atoms with E-state index >= 15 is 0 Å². The monoisotopic (exact) mass is 259 g/mol. The zero-order valence-electron chi connectivity index (χ0n) is 9.41. The van der Waals surface area contributed by atoms with Crippen LogP contribution in [0.3, 0.4) is 0 Å². The molecule has 1 N–H and O–H groups in total. The third-order valence-corrected chi connectivity index (χ3v) is 3.65. The van der Waals surface area contributed by atoms with Gasteiger partial charge in [0.05, 0.1) is 13.2 Å². The van der Waals surface area contributed by atoms with Crippen LogP contribution in [0, 0.1) is 11.7 Å². The van der Waals surface area contributed by atoms with E-state index in [2.05, 4.69) is 5.48 Å². The minimum atomic E-state index is -2.60. The Bertz CT molecular complexity index is 457. The molecule has 2 heterocycles. The number of nitrogens with one attached hydrogen (secondary N) is 1. The molecule has 2 aliphatic rings. The summed E-state index contributed by atoms with van der Waals surface area (Å²) in [6, 6.07) is 6.10. The van der Waals surface area contributed by atoms with Gasteiger partial charge in [0.15, 0.2) is 0 Å². The van der Waals surface area contributed by atoms with Crippen LogP contribution in [0.1, 0.15) is 5.56 Å². The van der Waals surface area contributed by atoms with Crippen molar-refractivity contribution in [3.05, 3.63) is 35.6 Å². The van der Waals surface area contributed by atoms with Crippen molar-refractivity contribution < 1.29 is 22.7 Å². The van der Waals surface area contributed by atoms with Gasteiger partial charge >= 0.3 is 0 Å². The molecule has 0 spiro atoms. The number of halogens is 3. The summed E-state index contributed by atoms with van der Waals surface area (Å²) in [5.74, 6) is -1.03. The fourth-order valence-corrected chi connectivity index (χ4v) is 2.74. The van der Waals surface area contributed by atoms with Gasteiger partial charge < -0.3 is 9.57 Å². The number of hydrogen-bond acceptors (Lipinski definition) is 3. The molecule has 3 atom stereocenters. The summed E-state index contributed by atoms with van der Waals surface area (Å²) in [5, 5.41) is 0. The highest BCUT2D eigenvalue weighted by molar-refractivity contribution is 5.30. The van der Waals surface area contributed by atoms with Crippen molar-refractivity contribution in [3.8, 4) is 0 Å². The zero-order chi connectivity index (χ0) is 12.8. The fourth-order valence-electron chi connectivity index (χ4n) is 2.74. The molecule has 1 aromatic rings. The standard InChI is InChI=1S/C12H12F3NO2/c13-9-4-2-1-3-7(9)12-6-17-10(11(14)15)8(12)5-18-16-12/h1-4,8,10-11,16H,5-6H2/t8-,10?,12-/m1/s1. The highest BCUT2D eigenvalue weighted by Gasteiger charge is 2.58. The summed E-state index contributed by atoms with van der Waals surface area (Å²) in [6.07, 6.45) is -3.83. The summed E-state index contributed by atoms with van der Waals surface area (Å²) in [7, 11) is 0. The van der Waals surface area contributed by atoms with Crippen molar-refractivity contribution in [2.24, 2.45) is 5.92 Å². The fraction of sp³-hybridized carbons (Fsp3) is 0.500. The SMILES string of the molecule is Fc1ccccc1[C@]12COC(C(F)F)[C@H]1CON2. The lowest BCUT2D eigenvalue weighted by Gasteiger charge is -2.27. The smallest absolute Gasteiger partial charge is 0.264 e. The molecule has 2 aliphatic heterocycles. The quantitative estimate of drug-likeness (QED) is 0.879. The number of ether oxygens (including phenoxy) is 1. The number of hydroxylamine groups is 1. The molecule has 2 fully saturated rings. The van der Waals surface area contributed by atoms with Crippen LogP contribution in [0.2, 0.25) is 0 Å². The lowest BCUT2D eigenvalue weighted by Crippen LogP contribution is -2.44. The second-order valence-corrected chi connectivity index (χ2v) is 4.58. The van der Waals surface area contributed by atoms with Crippen molar-refractivity contribution in [3.63, 3.8) is 0 Å². The Kier molecular flexibility index (Phi) is 2.80. The van der Waals surface area contributed by atoms with Crippen LogP contribution in [-0.4, -0.2) is 25.7 Å². The van der Waals surface area contributed by atoms with Crippen molar-refractivity contribution >= 4 is 0 Å². The molecule has 0 aliphatic carbocycles. The van der Waals surface area contributed by atoms with Gasteiger partial charge in [0.25, 0.3) is 6.43 Å². The molecule has 0 amide bonds. The molecule has 3 rings (SSSR count). The van der Waals surface area contributed by atoms with Crippen LogP contribution in [-0.2, 0) is 15.1 Å². The highest BCUT2D eigenvalue weighted by Crippen LogP contribution is 2.45. The molecule has 98 valence electrons. The molecule has 0 aromatic heterocycles. The highest BCUT2D eigenvalue weighted by atomic mass is 19.3. The number of fused-ring (bicyclic) bond motifs is 1. The predicted molar refractivity (Wildman–Crippen MR) is 56.4 cm³/mol. The molecule has 0 bridgehead atoms. The van der Waals surface area contributed by atoms with Gasteiger partial charge in [0, 0.05) is 11.5 Å². The van der Waals surface area contributed by atoms with E-state index in [1.807, 2.05) is 0 Å². The van der Waals surface area contributed by atoms with E-state index in [1.165, 1.54) is 6.07 Å². The summed E-state index contributed by atoms with van der Waals surface area (Å²) in [6.45, 7) is 0.0664. The topological polar surface area (TPSA) is 30.5 Å². The molecule has 1 unspecified atom stereocenters. The normalized spacial score (nSPS) is 35.1. The second-order valence-electron chi connectivity index (χ2n) is 4.58. The van der Waals surface area contributed by atoms with Gasteiger partial charge in [0.1, 0.15) is 17.5 Å². The number of rotatable bonds is 2. The third kappa shape index (κ3) is 1.56. The minimum Gasteiger partial charge on any atom is -0.369 e. The van der Waals surface area contributed by atoms with Crippen LogP contribution in [0.25, 0.3) is 0 Å². The van der Waals surface area contributed by atoms with E-state index in [4.69, 9.17) is 9.57 Å². The maximum absolute atomic E-state index is 13.9. The van der Waals surface area contributed by atoms with Gasteiger partial charge in [-0.05, 0) is 6.07 Å². The number of alkyl halides is 2. The second kappa shape index (κ2) is 4.22. The lowest BCUT2D eigenvalue weighted by atomic mass is 9.79. The maximum atomic E-state index is 13.9. The van der Waals surface area contributed by atoms with E-state index < -0.39 is 29.8 Å². The van der Waals surface area contributed by atoms with Gasteiger partial charge in [0.2, 0.25) is 0 Å². The van der Waals surface area contributed by atoms with E-state index in [0.717, 1.165) is 0 Å². The van der Waals surface area contributed by atoms with Crippen LogP contribution in [0.4, 0.5) is 13.2 Å². The first-order valence-corrected chi connectivity index (χ1v) is 5.69. The van der Waals surface area contributed by atoms with Gasteiger partial charge in [-0.2, -0.15) is 5.48 Å². The molecular formula is C12H12F3NO2. The van der Waals surface area contributed by atoms with Crippen LogP contribution < -0.4 is 5.48 Å². The Morgan fingerprint density at radius 3 is 2.83 bits per heavy atom. The summed E-state index contributed by atoms with van der Waals surface area (Å²) in [4.78, 5) is 5.07. The minimum absolute atomic E-state index is 0.0202. The Hall–Kier alpha value is -1.11. The predicted octanol–water partition coefficient (Wildman–Crippen LogP) is 1.84. The molecule has 18 heavy (non-hydrogen) atoms. The first-order chi connectivity index (χ1) is 8.65. The van der Waals surface area contributed by atoms with E-state index in [0.29, 0.717) is 5.56 Å². The molecule has 2 saturated heterocycles. The average Bonchev–Trinajstić information content (AvgIpc) is 2.87. The van der Waals surface area contributed by atoms with Crippen LogP contribution in [0.15, 0.2) is 24.3 Å². The Balaban J connectivity index is 2.02. The van der Waals surface area contributed by atoms with Crippen molar-refractivity contribution in [1.29, 1.82) is 0 Å². The van der Waals surface area contributed by atoms with E-state index in [-0.39, 0.29) is 13.2 Å². The first kappa shape index (κ1) is 12.0. The van der Waals surface area contributed by atoms with Gasteiger partial charge in [-0.3, -0.25) is 0 Å². The Morgan fingerprint density at radius 2 is 2.11 bits per heavy atom. The summed E-state index contributed by atoms with van der Waals surface area (Å²) < 4.78 is 44.7. The molecule has 3 nitrogen and oxygen atoms in total. The molecule has 0 radical (unpaired) electrons. The van der Waals surface area contributed by atoms with Gasteiger partial charge in [-0.25, -0.2) is 13.2 Å². The molecule has 1 aromatic carbocycles. The molecular weight excluding hydrogens is 247 g/mol. The zero-order valence-corrected chi connectivity index (χ0v) is 9.41. The van der Waals surface area contributed by atoms with Crippen molar-refractivity contribution in [2.75, 3.05) is 13.2 Å². The van der Waals surface area contributed by atoms with Gasteiger partial charge in [-0.15, -0.1) is 0 Å². The molecule has 6 heteroatoms. The first-order valence-electron chi connectivity index (χ1n) is 5.69. The Morgan fingerprint density at radius 1 is 1.33 bits per heavy atom. The average molecular weight is 259 g/mol. The van der Waals surface area contributed by atoms with E-state index in [9.17, 15) is 13.2 Å². The van der Waals surface area contributed by atoms with Gasteiger partial charge in [-0.1, -0.05) is 18.2 Å². The maximum Gasteiger partial charge on any atom is 0.264 e. The van der Waals surface area contributed by atoms with Crippen molar-refractivity contribution in [1.82, 2.24) is 5.48 Å². The molecule has 0 saturated carbocycles. The number of hydrogen-bond donors (Lipinski definition) is 1. The third-order valence-electron chi connectivity index (χ3n) is 3.65. The summed E-state index contributed by atoms with van der Waals surface area (Å²) in [5.41, 5.74) is 1.98. The van der Waals surface area contributed by atoms with Crippen LogP contribution in [0.5, 0.6) is 0 Å².